The maximum atomic E-state index is 12.2. The summed E-state index contributed by atoms with van der Waals surface area (Å²) in [6, 6.07) is 17.3. The molecule has 2 aromatic carbocycles. The minimum atomic E-state index is 0.0812. The Morgan fingerprint density at radius 2 is 1.63 bits per heavy atom. The van der Waals surface area contributed by atoms with Gasteiger partial charge in [0.25, 0.3) is 0 Å². The number of benzene rings is 2. The Balaban J connectivity index is 1.69. The Hall–Kier alpha value is -1.93. The van der Waals surface area contributed by atoms with Crippen molar-refractivity contribution in [2.75, 3.05) is 6.61 Å². The van der Waals surface area contributed by atoms with Gasteiger partial charge in [-0.05, 0) is 18.4 Å². The average Bonchev–Trinajstić information content (AvgIpc) is 3.30. The van der Waals surface area contributed by atoms with Crippen molar-refractivity contribution in [1.29, 1.82) is 0 Å². The van der Waals surface area contributed by atoms with Gasteiger partial charge in [-0.2, -0.15) is 0 Å². The molecular formula is C17H16O2. The van der Waals surface area contributed by atoms with Gasteiger partial charge in [0.1, 0.15) is 0 Å². The van der Waals surface area contributed by atoms with Gasteiger partial charge in [-0.1, -0.05) is 54.6 Å². The maximum Gasteiger partial charge on any atom is 0.193 e. The van der Waals surface area contributed by atoms with E-state index < -0.39 is 0 Å². The molecule has 1 atom stereocenters. The minimum Gasteiger partial charge on any atom is -0.373 e. The Labute approximate surface area is 113 Å². The van der Waals surface area contributed by atoms with E-state index in [-0.39, 0.29) is 5.78 Å². The number of epoxide rings is 1. The summed E-state index contributed by atoms with van der Waals surface area (Å²) < 4.78 is 5.20. The molecule has 0 aromatic heterocycles. The minimum absolute atomic E-state index is 0.0812. The molecule has 0 amide bonds. The van der Waals surface area contributed by atoms with Crippen molar-refractivity contribution < 1.29 is 9.53 Å². The largest absolute Gasteiger partial charge is 0.373 e. The first-order valence-electron chi connectivity index (χ1n) is 6.63. The number of rotatable bonds is 5. The smallest absolute Gasteiger partial charge is 0.193 e. The molecule has 1 fully saturated rings. The highest BCUT2D eigenvalue weighted by atomic mass is 16.6. The predicted molar refractivity (Wildman–Crippen MR) is 74.4 cm³/mol. The van der Waals surface area contributed by atoms with Crippen LogP contribution >= 0.6 is 0 Å². The molecule has 0 aliphatic carbocycles. The summed E-state index contributed by atoms with van der Waals surface area (Å²) >= 11 is 0. The molecule has 1 saturated heterocycles. The summed E-state index contributed by atoms with van der Waals surface area (Å²) in [6.45, 7) is 0.907. The van der Waals surface area contributed by atoms with Crippen molar-refractivity contribution in [3.05, 3.63) is 71.3 Å². The number of hydrogen-bond acceptors (Lipinski definition) is 2. The molecule has 1 unspecified atom stereocenters. The van der Waals surface area contributed by atoms with Gasteiger partial charge < -0.3 is 4.74 Å². The van der Waals surface area contributed by atoms with Gasteiger partial charge >= 0.3 is 0 Å². The zero-order chi connectivity index (χ0) is 13.1. The summed E-state index contributed by atoms with van der Waals surface area (Å²) in [5.74, 6) is 0.0812. The molecule has 3 rings (SSSR count). The summed E-state index contributed by atoms with van der Waals surface area (Å²) in [7, 11) is 0. The van der Waals surface area contributed by atoms with Crippen molar-refractivity contribution in [2.45, 2.75) is 18.9 Å². The quantitative estimate of drug-likeness (QED) is 0.604. The lowest BCUT2D eigenvalue weighted by Gasteiger charge is -2.03. The van der Waals surface area contributed by atoms with Crippen molar-refractivity contribution in [3.63, 3.8) is 0 Å². The Bertz CT molecular complexity index is 554. The van der Waals surface area contributed by atoms with Crippen LogP contribution in [0.3, 0.4) is 0 Å². The van der Waals surface area contributed by atoms with E-state index in [2.05, 4.69) is 0 Å². The average molecular weight is 252 g/mol. The second-order valence-electron chi connectivity index (χ2n) is 4.89. The van der Waals surface area contributed by atoms with Crippen LogP contribution in [0, 0.1) is 0 Å². The van der Waals surface area contributed by atoms with Gasteiger partial charge in [-0.25, -0.2) is 0 Å². The Kier molecular flexibility index (Phi) is 3.43. The van der Waals surface area contributed by atoms with Crippen molar-refractivity contribution in [2.24, 2.45) is 0 Å². The van der Waals surface area contributed by atoms with Crippen LogP contribution in [0.25, 0.3) is 0 Å². The summed E-state index contributed by atoms with van der Waals surface area (Å²) in [6.07, 6.45) is 2.56. The van der Waals surface area contributed by atoms with Crippen LogP contribution in [-0.4, -0.2) is 18.5 Å². The molecule has 2 aromatic rings. The molecule has 0 radical (unpaired) electrons. The van der Waals surface area contributed by atoms with Crippen LogP contribution in [-0.2, 0) is 11.2 Å². The van der Waals surface area contributed by atoms with E-state index in [0.717, 1.165) is 30.6 Å². The van der Waals surface area contributed by atoms with E-state index in [1.165, 1.54) is 5.56 Å². The fraction of sp³-hybridized carbons (Fsp3) is 0.235. The zero-order valence-corrected chi connectivity index (χ0v) is 10.7. The van der Waals surface area contributed by atoms with Gasteiger partial charge in [0, 0.05) is 11.1 Å². The van der Waals surface area contributed by atoms with Gasteiger partial charge in [0.05, 0.1) is 12.7 Å². The molecule has 1 heterocycles. The number of aryl methyl sites for hydroxylation is 1. The third-order valence-electron chi connectivity index (χ3n) is 3.41. The molecule has 0 spiro atoms. The lowest BCUT2D eigenvalue weighted by Crippen LogP contribution is -2.01. The molecule has 0 bridgehead atoms. The number of carbonyl (C=O) groups is 1. The highest BCUT2D eigenvalue weighted by Gasteiger charge is 2.21. The molecule has 0 N–H and O–H groups in total. The monoisotopic (exact) mass is 252 g/mol. The van der Waals surface area contributed by atoms with Crippen molar-refractivity contribution in [1.82, 2.24) is 0 Å². The number of ether oxygens (including phenoxy) is 1. The van der Waals surface area contributed by atoms with Crippen LogP contribution in [0.1, 0.15) is 27.9 Å². The van der Waals surface area contributed by atoms with Gasteiger partial charge in [0.2, 0.25) is 0 Å². The van der Waals surface area contributed by atoms with E-state index in [0.29, 0.717) is 6.10 Å². The maximum absolute atomic E-state index is 12.2. The lowest BCUT2D eigenvalue weighted by atomic mass is 10.0. The molecule has 0 saturated carbocycles. The second-order valence-corrected chi connectivity index (χ2v) is 4.89. The first-order chi connectivity index (χ1) is 9.33. The third-order valence-corrected chi connectivity index (χ3v) is 3.41. The molecule has 2 nitrogen and oxygen atoms in total. The molecule has 2 heteroatoms. The van der Waals surface area contributed by atoms with Gasteiger partial charge in [-0.3, -0.25) is 4.79 Å². The van der Waals surface area contributed by atoms with Gasteiger partial charge in [-0.15, -0.1) is 0 Å². The van der Waals surface area contributed by atoms with Crippen LogP contribution in [0.2, 0.25) is 0 Å². The molecule has 1 aliphatic rings. The molecular weight excluding hydrogens is 236 g/mol. The summed E-state index contributed by atoms with van der Waals surface area (Å²) in [5.41, 5.74) is 2.75. The summed E-state index contributed by atoms with van der Waals surface area (Å²) in [4.78, 5) is 12.2. The summed E-state index contributed by atoms with van der Waals surface area (Å²) in [5, 5.41) is 0. The highest BCUT2D eigenvalue weighted by molar-refractivity contribution is 6.08. The topological polar surface area (TPSA) is 29.6 Å². The Morgan fingerprint density at radius 1 is 1.00 bits per heavy atom. The molecule has 19 heavy (non-hydrogen) atoms. The predicted octanol–water partition coefficient (Wildman–Crippen LogP) is 3.25. The number of carbonyl (C=O) groups excluding carboxylic acids is 1. The van der Waals surface area contributed by atoms with E-state index in [1.54, 1.807) is 0 Å². The van der Waals surface area contributed by atoms with Gasteiger partial charge in [0.15, 0.2) is 5.78 Å². The number of ketones is 1. The van der Waals surface area contributed by atoms with E-state index in [9.17, 15) is 4.79 Å². The Morgan fingerprint density at radius 3 is 2.26 bits per heavy atom. The normalized spacial score (nSPS) is 17.2. The highest BCUT2D eigenvalue weighted by Crippen LogP contribution is 2.17. The van der Waals surface area contributed by atoms with E-state index >= 15 is 0 Å². The van der Waals surface area contributed by atoms with Crippen LogP contribution in [0.5, 0.6) is 0 Å². The van der Waals surface area contributed by atoms with Crippen LogP contribution < -0.4 is 0 Å². The third kappa shape index (κ3) is 3.09. The molecule has 96 valence electrons. The fourth-order valence-corrected chi connectivity index (χ4v) is 2.14. The first kappa shape index (κ1) is 12.1. The van der Waals surface area contributed by atoms with Crippen molar-refractivity contribution in [3.8, 4) is 0 Å². The van der Waals surface area contributed by atoms with E-state index in [1.807, 2.05) is 54.6 Å². The lowest BCUT2D eigenvalue weighted by molar-refractivity contribution is 0.103. The fourth-order valence-electron chi connectivity index (χ4n) is 2.14. The number of hydrogen-bond donors (Lipinski definition) is 0. The SMILES string of the molecule is O=C(c1ccccc1)c1ccc(CCC2CO2)cc1. The van der Waals surface area contributed by atoms with Crippen molar-refractivity contribution >= 4 is 5.78 Å². The zero-order valence-electron chi connectivity index (χ0n) is 10.7. The van der Waals surface area contributed by atoms with Crippen LogP contribution in [0.4, 0.5) is 0 Å². The van der Waals surface area contributed by atoms with Crippen LogP contribution in [0.15, 0.2) is 54.6 Å². The van der Waals surface area contributed by atoms with E-state index in [4.69, 9.17) is 4.74 Å². The second kappa shape index (κ2) is 5.37. The first-order valence-corrected chi connectivity index (χ1v) is 6.63. The standard InChI is InChI=1S/C17H16O2/c18-17(14-4-2-1-3-5-14)15-9-6-13(7-10-15)8-11-16-12-19-16/h1-7,9-10,16H,8,11-12H2. The molecule has 1 aliphatic heterocycles.